The number of aromatic nitrogens is 1. The lowest BCUT2D eigenvalue weighted by molar-refractivity contribution is 0.687. The Kier molecular flexibility index (Phi) is 3.93. The van der Waals surface area contributed by atoms with Gasteiger partial charge in [-0.1, -0.05) is 19.9 Å². The molecule has 74 valence electrons. The van der Waals surface area contributed by atoms with Crippen LogP contribution in [0.2, 0.25) is 0 Å². The molecule has 0 spiro atoms. The predicted octanol–water partition coefficient (Wildman–Crippen LogP) is 2.22. The van der Waals surface area contributed by atoms with Crippen LogP contribution in [0.1, 0.15) is 19.4 Å². The second kappa shape index (κ2) is 5.23. The molecule has 0 saturated carbocycles. The first-order valence-electron chi connectivity index (χ1n) is 4.78. The normalized spacial score (nSPS) is 9.86. The van der Waals surface area contributed by atoms with E-state index in [-0.39, 0.29) is 0 Å². The Balaban J connectivity index is 2.52. The van der Waals surface area contributed by atoms with E-state index in [0.29, 0.717) is 12.3 Å². The maximum atomic E-state index is 8.47. The average molecular weight is 189 g/mol. The Hall–Kier alpha value is -1.56. The molecule has 0 bridgehead atoms. The van der Waals surface area contributed by atoms with Crippen molar-refractivity contribution < 1.29 is 0 Å². The Labute approximate surface area is 84.8 Å². The third-order valence-corrected chi connectivity index (χ3v) is 1.80. The van der Waals surface area contributed by atoms with E-state index in [1.54, 1.807) is 6.20 Å². The van der Waals surface area contributed by atoms with Crippen LogP contribution in [0.4, 0.5) is 5.82 Å². The monoisotopic (exact) mass is 189 g/mol. The van der Waals surface area contributed by atoms with Crippen molar-refractivity contribution in [1.82, 2.24) is 4.98 Å². The molecule has 0 fully saturated rings. The molecule has 14 heavy (non-hydrogen) atoms. The molecule has 0 unspecified atom stereocenters. The van der Waals surface area contributed by atoms with Gasteiger partial charge in [0, 0.05) is 12.7 Å². The van der Waals surface area contributed by atoms with E-state index < -0.39 is 0 Å². The molecular formula is C11H15N3. The molecule has 0 atom stereocenters. The molecule has 1 heterocycles. The van der Waals surface area contributed by atoms with E-state index in [1.807, 2.05) is 12.1 Å². The minimum absolute atomic E-state index is 0.428. The van der Waals surface area contributed by atoms with Crippen LogP contribution in [0.15, 0.2) is 18.3 Å². The van der Waals surface area contributed by atoms with Crippen molar-refractivity contribution in [3.8, 4) is 6.07 Å². The molecule has 0 aromatic carbocycles. The van der Waals surface area contributed by atoms with E-state index in [4.69, 9.17) is 5.26 Å². The summed E-state index contributed by atoms with van der Waals surface area (Å²) in [6.07, 6.45) is 2.17. The van der Waals surface area contributed by atoms with Crippen LogP contribution in [-0.2, 0) is 6.42 Å². The van der Waals surface area contributed by atoms with Crippen LogP contribution >= 0.6 is 0 Å². The van der Waals surface area contributed by atoms with Crippen LogP contribution < -0.4 is 5.32 Å². The predicted molar refractivity (Wildman–Crippen MR) is 56.9 cm³/mol. The number of nitriles is 1. The number of nitrogens with one attached hydrogen (secondary N) is 1. The van der Waals surface area contributed by atoms with Crippen molar-refractivity contribution in [3.05, 3.63) is 23.9 Å². The quantitative estimate of drug-likeness (QED) is 0.790. The Bertz CT molecular complexity index is 308. The number of pyridine rings is 1. The fraction of sp³-hybridized carbons (Fsp3) is 0.455. The summed E-state index contributed by atoms with van der Waals surface area (Å²) >= 11 is 0. The van der Waals surface area contributed by atoms with Gasteiger partial charge in [-0.25, -0.2) is 4.98 Å². The van der Waals surface area contributed by atoms with Gasteiger partial charge in [-0.05, 0) is 17.5 Å². The first-order valence-corrected chi connectivity index (χ1v) is 4.78. The highest BCUT2D eigenvalue weighted by molar-refractivity contribution is 5.35. The number of anilines is 1. The first kappa shape index (κ1) is 10.5. The molecule has 1 rings (SSSR count). The van der Waals surface area contributed by atoms with Crippen molar-refractivity contribution in [3.63, 3.8) is 0 Å². The molecule has 1 aromatic heterocycles. The molecule has 0 saturated heterocycles. The third kappa shape index (κ3) is 3.44. The molecule has 0 amide bonds. The molecule has 0 aliphatic rings. The minimum Gasteiger partial charge on any atom is -0.370 e. The van der Waals surface area contributed by atoms with Crippen LogP contribution in [0.25, 0.3) is 0 Å². The molecule has 1 N–H and O–H groups in total. The van der Waals surface area contributed by atoms with Crippen molar-refractivity contribution in [2.24, 2.45) is 5.92 Å². The molecule has 3 heteroatoms. The summed E-state index contributed by atoms with van der Waals surface area (Å²) in [4.78, 5) is 4.21. The zero-order valence-corrected chi connectivity index (χ0v) is 8.62. The maximum absolute atomic E-state index is 8.47. The molecule has 0 radical (unpaired) electrons. The SMILES string of the molecule is CC(C)CNc1ccc(CC#N)cn1. The van der Waals surface area contributed by atoms with Gasteiger partial charge in [-0.2, -0.15) is 5.26 Å². The Morgan fingerprint density at radius 1 is 1.50 bits per heavy atom. The Morgan fingerprint density at radius 3 is 2.79 bits per heavy atom. The third-order valence-electron chi connectivity index (χ3n) is 1.80. The zero-order chi connectivity index (χ0) is 10.4. The smallest absolute Gasteiger partial charge is 0.125 e. The van der Waals surface area contributed by atoms with Crippen LogP contribution in [0.5, 0.6) is 0 Å². The number of rotatable bonds is 4. The molecular weight excluding hydrogens is 174 g/mol. The standard InChI is InChI=1S/C11H15N3/c1-9(2)7-13-11-4-3-10(5-6-12)8-14-11/h3-4,8-9H,5,7H2,1-2H3,(H,13,14). The van der Waals surface area contributed by atoms with Crippen molar-refractivity contribution in [1.29, 1.82) is 5.26 Å². The summed E-state index contributed by atoms with van der Waals surface area (Å²) in [5, 5.41) is 11.7. The highest BCUT2D eigenvalue weighted by Gasteiger charge is 1.96. The molecule has 0 aliphatic carbocycles. The van der Waals surface area contributed by atoms with E-state index in [1.165, 1.54) is 0 Å². The highest BCUT2D eigenvalue weighted by Crippen LogP contribution is 2.06. The van der Waals surface area contributed by atoms with Crippen molar-refractivity contribution >= 4 is 5.82 Å². The zero-order valence-electron chi connectivity index (χ0n) is 8.62. The van der Waals surface area contributed by atoms with Gasteiger partial charge in [-0.3, -0.25) is 0 Å². The topological polar surface area (TPSA) is 48.7 Å². The number of nitrogens with zero attached hydrogens (tertiary/aromatic N) is 2. The lowest BCUT2D eigenvalue weighted by Gasteiger charge is -2.07. The summed E-state index contributed by atoms with van der Waals surface area (Å²) in [5.74, 6) is 1.48. The van der Waals surface area contributed by atoms with E-state index in [0.717, 1.165) is 17.9 Å². The number of hydrogen-bond acceptors (Lipinski definition) is 3. The van der Waals surface area contributed by atoms with E-state index in [2.05, 4.69) is 30.2 Å². The summed E-state index contributed by atoms with van der Waals surface area (Å²) < 4.78 is 0. The molecule has 1 aromatic rings. The second-order valence-corrected chi connectivity index (χ2v) is 3.66. The van der Waals surface area contributed by atoms with Gasteiger partial charge in [0.1, 0.15) is 5.82 Å². The molecule has 3 nitrogen and oxygen atoms in total. The van der Waals surface area contributed by atoms with Crippen LogP contribution in [-0.4, -0.2) is 11.5 Å². The lowest BCUT2D eigenvalue weighted by atomic mass is 10.2. The van der Waals surface area contributed by atoms with Gasteiger partial charge in [-0.15, -0.1) is 0 Å². The average Bonchev–Trinajstić information content (AvgIpc) is 2.17. The fourth-order valence-corrected chi connectivity index (χ4v) is 1.03. The minimum atomic E-state index is 0.428. The van der Waals surface area contributed by atoms with Crippen molar-refractivity contribution in [2.75, 3.05) is 11.9 Å². The van der Waals surface area contributed by atoms with E-state index in [9.17, 15) is 0 Å². The summed E-state index contributed by atoms with van der Waals surface area (Å²) in [6, 6.07) is 5.93. The van der Waals surface area contributed by atoms with Gasteiger partial charge < -0.3 is 5.32 Å². The summed E-state index contributed by atoms with van der Waals surface area (Å²) in [5.41, 5.74) is 0.961. The molecule has 0 aliphatic heterocycles. The van der Waals surface area contributed by atoms with Gasteiger partial charge in [0.15, 0.2) is 0 Å². The largest absolute Gasteiger partial charge is 0.370 e. The van der Waals surface area contributed by atoms with Gasteiger partial charge in [0.2, 0.25) is 0 Å². The lowest BCUT2D eigenvalue weighted by Crippen LogP contribution is -2.08. The first-order chi connectivity index (χ1) is 6.72. The van der Waals surface area contributed by atoms with Gasteiger partial charge in [0.25, 0.3) is 0 Å². The highest BCUT2D eigenvalue weighted by atomic mass is 15.0. The van der Waals surface area contributed by atoms with Crippen LogP contribution in [0.3, 0.4) is 0 Å². The maximum Gasteiger partial charge on any atom is 0.125 e. The Morgan fingerprint density at radius 2 is 2.29 bits per heavy atom. The van der Waals surface area contributed by atoms with Crippen LogP contribution in [0, 0.1) is 17.2 Å². The number of hydrogen-bond donors (Lipinski definition) is 1. The van der Waals surface area contributed by atoms with Gasteiger partial charge >= 0.3 is 0 Å². The van der Waals surface area contributed by atoms with Crippen molar-refractivity contribution in [2.45, 2.75) is 20.3 Å². The summed E-state index contributed by atoms with van der Waals surface area (Å²) in [7, 11) is 0. The van der Waals surface area contributed by atoms with E-state index >= 15 is 0 Å². The summed E-state index contributed by atoms with van der Waals surface area (Å²) in [6.45, 7) is 5.22. The fourth-order valence-electron chi connectivity index (χ4n) is 1.03. The second-order valence-electron chi connectivity index (χ2n) is 3.66. The van der Waals surface area contributed by atoms with Gasteiger partial charge in [0.05, 0.1) is 12.5 Å².